The van der Waals surface area contributed by atoms with Crippen LogP contribution in [0.5, 0.6) is 0 Å². The summed E-state index contributed by atoms with van der Waals surface area (Å²) in [6, 6.07) is 10.3. The van der Waals surface area contributed by atoms with Gasteiger partial charge in [0.2, 0.25) is 0 Å². The zero-order valence-corrected chi connectivity index (χ0v) is 21.2. The Hall–Kier alpha value is -2.90. The molecular weight excluding hydrogens is 471 g/mol. The van der Waals surface area contributed by atoms with Crippen LogP contribution < -0.4 is 5.32 Å². The molecule has 6 nitrogen and oxygen atoms in total. The first kappa shape index (κ1) is 25.7. The topological polar surface area (TPSA) is 88.5 Å². The van der Waals surface area contributed by atoms with Gasteiger partial charge in [-0.05, 0) is 67.4 Å². The number of Topliss-reactive ketones (excluding diaryl/α,β-unsaturated/α-hetero) is 1. The molecule has 0 amide bonds. The predicted octanol–water partition coefficient (Wildman–Crippen LogP) is 4.43. The average molecular weight is 507 g/mol. The maximum Gasteiger partial charge on any atom is 0.320 e. The molecule has 0 radical (unpaired) electrons. The molecule has 0 spiro atoms. The zero-order valence-electron chi connectivity index (χ0n) is 21.2. The molecule has 2 heterocycles. The third-order valence-corrected chi connectivity index (χ3v) is 8.70. The van der Waals surface area contributed by atoms with Crippen LogP contribution >= 0.6 is 0 Å². The maximum absolute atomic E-state index is 13.6. The molecular formula is C30H35FN2O4. The number of cyclic esters (lactones) is 1. The Kier molecular flexibility index (Phi) is 7.54. The lowest BCUT2D eigenvalue weighted by Gasteiger charge is -2.50. The van der Waals surface area contributed by atoms with Crippen LogP contribution in [0.2, 0.25) is 0 Å². The van der Waals surface area contributed by atoms with Crippen LogP contribution in [0, 0.1) is 34.9 Å². The van der Waals surface area contributed by atoms with E-state index in [-0.39, 0.29) is 48.7 Å². The van der Waals surface area contributed by atoms with Crippen LogP contribution in [0.4, 0.5) is 4.39 Å². The first-order valence-corrected chi connectivity index (χ1v) is 13.4. The molecule has 1 aliphatic heterocycles. The Labute approximate surface area is 217 Å². The lowest BCUT2D eigenvalue weighted by atomic mass is 9.50. The summed E-state index contributed by atoms with van der Waals surface area (Å²) < 4.78 is 19.4. The number of ketones is 1. The van der Waals surface area contributed by atoms with Crippen molar-refractivity contribution >= 4 is 17.8 Å². The minimum Gasteiger partial charge on any atom is -0.462 e. The normalized spacial score (nSPS) is 31.1. The number of rotatable bonds is 8. The average Bonchev–Trinajstić information content (AvgIpc) is 3.17. The van der Waals surface area contributed by atoms with E-state index in [2.05, 4.69) is 16.4 Å². The lowest BCUT2D eigenvalue weighted by molar-refractivity contribution is -0.157. The van der Waals surface area contributed by atoms with Gasteiger partial charge in [0.15, 0.2) is 5.78 Å². The van der Waals surface area contributed by atoms with E-state index in [0.29, 0.717) is 24.8 Å². The monoisotopic (exact) mass is 506 g/mol. The van der Waals surface area contributed by atoms with Crippen molar-refractivity contribution in [2.45, 2.75) is 45.1 Å². The number of fused-ring (bicyclic) bond motifs is 2. The fourth-order valence-electron chi connectivity index (χ4n) is 7.09. The van der Waals surface area contributed by atoms with Crippen LogP contribution in [0.3, 0.4) is 0 Å². The van der Waals surface area contributed by atoms with E-state index >= 15 is 0 Å². The number of nitrogens with one attached hydrogen (secondary N) is 1. The van der Waals surface area contributed by atoms with Gasteiger partial charge in [-0.25, -0.2) is 4.39 Å². The van der Waals surface area contributed by atoms with Crippen molar-refractivity contribution in [3.05, 3.63) is 60.2 Å². The summed E-state index contributed by atoms with van der Waals surface area (Å²) in [6.07, 6.45) is 10.4. The van der Waals surface area contributed by atoms with Gasteiger partial charge in [0.25, 0.3) is 0 Å². The van der Waals surface area contributed by atoms with Crippen LogP contribution in [0.15, 0.2) is 48.7 Å². The second-order valence-electron chi connectivity index (χ2n) is 10.8. The molecule has 3 fully saturated rings. The summed E-state index contributed by atoms with van der Waals surface area (Å²) in [5, 5.41) is 12.1. The number of nitrogens with zero attached hydrogens (tertiary/aromatic N) is 1. The minimum atomic E-state index is -1.15. The van der Waals surface area contributed by atoms with Crippen LogP contribution in [0.25, 0.3) is 17.2 Å². The summed E-state index contributed by atoms with van der Waals surface area (Å²) in [4.78, 5) is 31.5. The summed E-state index contributed by atoms with van der Waals surface area (Å²) >= 11 is 0. The number of benzene rings is 1. The number of hydrogen-bond donors (Lipinski definition) is 2. The maximum atomic E-state index is 13.6. The van der Waals surface area contributed by atoms with Crippen molar-refractivity contribution in [3.63, 3.8) is 0 Å². The summed E-state index contributed by atoms with van der Waals surface area (Å²) in [5.41, 5.74) is 1.24. The van der Waals surface area contributed by atoms with Crippen molar-refractivity contribution < 1.29 is 23.8 Å². The number of pyridine rings is 1. The van der Waals surface area contributed by atoms with Crippen LogP contribution in [0.1, 0.15) is 44.7 Å². The molecule has 5 rings (SSSR count). The fourth-order valence-corrected chi connectivity index (χ4v) is 7.09. The molecule has 37 heavy (non-hydrogen) atoms. The summed E-state index contributed by atoms with van der Waals surface area (Å²) in [5.74, 6) is -0.320. The van der Waals surface area contributed by atoms with Gasteiger partial charge < -0.3 is 15.2 Å². The van der Waals surface area contributed by atoms with E-state index in [9.17, 15) is 14.0 Å². The van der Waals surface area contributed by atoms with Gasteiger partial charge in [0.05, 0.1) is 18.8 Å². The standard InChI is InChI=1S/C30H35FN2O4/c1-19-28-26(12-11-24-10-9-22(17-33-24)20-6-4-7-23(31)15-20)25-8-3-2-5-21(25)16-30(28,29(36)37-19)27(35)18-32-13-14-34/h4,6-7,9-12,15,17,19,21,25-26,28,32,34H,2-3,5,8,13-14,16,18H2,1H3/b12-11+/t19-,21+,25-,26+,28+,30+/m1/s1. The van der Waals surface area contributed by atoms with Gasteiger partial charge >= 0.3 is 5.97 Å². The Balaban J connectivity index is 1.44. The predicted molar refractivity (Wildman–Crippen MR) is 139 cm³/mol. The van der Waals surface area contributed by atoms with Gasteiger partial charge in [0, 0.05) is 24.2 Å². The SMILES string of the molecule is C[C@H]1OC(=O)[C@]2(C(=O)CNCCO)C[C@@H]3CCCC[C@H]3[C@H](/C=C/c3ccc(-c4cccc(F)c4)cn3)[C@H]12. The highest BCUT2D eigenvalue weighted by molar-refractivity contribution is 6.06. The molecule has 1 saturated heterocycles. The number of ether oxygens (including phenoxy) is 1. The van der Waals surface area contributed by atoms with Crippen molar-refractivity contribution in [2.75, 3.05) is 19.7 Å². The number of hydrogen-bond acceptors (Lipinski definition) is 6. The number of allylic oxidation sites excluding steroid dienone is 1. The highest BCUT2D eigenvalue weighted by Crippen LogP contribution is 2.59. The molecule has 7 heteroatoms. The summed E-state index contributed by atoms with van der Waals surface area (Å²) in [6.45, 7) is 2.21. The van der Waals surface area contributed by atoms with Gasteiger partial charge in [-0.2, -0.15) is 0 Å². The number of carbonyl (C=O) groups excluding carboxylic acids is 2. The van der Waals surface area contributed by atoms with Gasteiger partial charge in [-0.3, -0.25) is 14.6 Å². The molecule has 2 aromatic rings. The second-order valence-corrected chi connectivity index (χ2v) is 10.8. The fraction of sp³-hybridized carbons (Fsp3) is 0.500. The number of esters is 1. The first-order valence-electron chi connectivity index (χ1n) is 13.4. The third kappa shape index (κ3) is 4.87. The molecule has 1 aromatic heterocycles. The summed E-state index contributed by atoms with van der Waals surface area (Å²) in [7, 11) is 0. The van der Waals surface area contributed by atoms with Gasteiger partial charge in [-0.15, -0.1) is 0 Å². The molecule has 1 aromatic carbocycles. The molecule has 6 atom stereocenters. The number of carbonyl (C=O) groups is 2. The second kappa shape index (κ2) is 10.8. The quantitative estimate of drug-likeness (QED) is 0.313. The Bertz CT molecular complexity index is 1170. The Morgan fingerprint density at radius 2 is 2.08 bits per heavy atom. The van der Waals surface area contributed by atoms with E-state index in [0.717, 1.165) is 42.5 Å². The lowest BCUT2D eigenvalue weighted by Crippen LogP contribution is -2.55. The van der Waals surface area contributed by atoms with E-state index in [1.807, 2.05) is 31.2 Å². The number of aromatic nitrogens is 1. The van der Waals surface area contributed by atoms with E-state index in [4.69, 9.17) is 9.84 Å². The molecule has 2 saturated carbocycles. The molecule has 3 aliphatic rings. The van der Waals surface area contributed by atoms with E-state index in [1.54, 1.807) is 12.3 Å². The molecule has 2 N–H and O–H groups in total. The van der Waals surface area contributed by atoms with E-state index in [1.165, 1.54) is 12.1 Å². The highest BCUT2D eigenvalue weighted by Gasteiger charge is 2.66. The Morgan fingerprint density at radius 1 is 1.24 bits per heavy atom. The first-order chi connectivity index (χ1) is 17.9. The highest BCUT2D eigenvalue weighted by atomic mass is 19.1. The molecule has 0 bridgehead atoms. The third-order valence-electron chi connectivity index (χ3n) is 8.70. The Morgan fingerprint density at radius 3 is 2.84 bits per heavy atom. The molecule has 196 valence electrons. The van der Waals surface area contributed by atoms with Crippen molar-refractivity contribution in [2.24, 2.45) is 29.1 Å². The van der Waals surface area contributed by atoms with Crippen molar-refractivity contribution in [1.82, 2.24) is 10.3 Å². The number of halogens is 1. The van der Waals surface area contributed by atoms with Gasteiger partial charge in [0.1, 0.15) is 17.3 Å². The smallest absolute Gasteiger partial charge is 0.320 e. The number of aliphatic hydroxyl groups is 1. The van der Waals surface area contributed by atoms with Crippen LogP contribution in [-0.2, 0) is 14.3 Å². The van der Waals surface area contributed by atoms with Gasteiger partial charge in [-0.1, -0.05) is 43.5 Å². The molecule has 0 unspecified atom stereocenters. The minimum absolute atomic E-state index is 0.0204. The van der Waals surface area contributed by atoms with Crippen LogP contribution in [-0.4, -0.2) is 47.6 Å². The largest absolute Gasteiger partial charge is 0.462 e. The van der Waals surface area contributed by atoms with Crippen molar-refractivity contribution in [1.29, 1.82) is 0 Å². The number of aliphatic hydroxyl groups excluding tert-OH is 1. The molecule has 2 aliphatic carbocycles. The van der Waals surface area contributed by atoms with Crippen molar-refractivity contribution in [3.8, 4) is 11.1 Å². The van der Waals surface area contributed by atoms with E-state index < -0.39 is 5.41 Å². The zero-order chi connectivity index (χ0) is 26.0.